The molecule has 1 aliphatic heterocycles. The molecule has 2 aromatic carbocycles. The number of allylic oxidation sites excluding steroid dienone is 1. The van der Waals surface area contributed by atoms with Crippen molar-refractivity contribution in [2.24, 2.45) is 0 Å². The van der Waals surface area contributed by atoms with E-state index in [1.807, 2.05) is 30.3 Å². The number of benzene rings is 2. The number of hydrogen-bond donors (Lipinski definition) is 1. The molecule has 1 aromatic heterocycles. The fraction of sp³-hybridized carbons (Fsp3) is 0.0500. The monoisotopic (exact) mass is 448 g/mol. The maximum absolute atomic E-state index is 13.3. The molecule has 4 rings (SSSR count). The number of carbonyl (C=O) groups excluding carboxylic acids is 1. The summed E-state index contributed by atoms with van der Waals surface area (Å²) in [6.45, 7) is 0.0971. The highest BCUT2D eigenvalue weighted by atomic mass is 35.5. The van der Waals surface area contributed by atoms with Gasteiger partial charge in [-0.1, -0.05) is 41.9 Å². The third-order valence-electron chi connectivity index (χ3n) is 4.37. The van der Waals surface area contributed by atoms with Crippen LogP contribution in [0, 0.1) is 5.82 Å². The number of rotatable bonds is 4. The summed E-state index contributed by atoms with van der Waals surface area (Å²) in [6.07, 6.45) is 1.13. The predicted molar refractivity (Wildman–Crippen MR) is 113 cm³/mol. The second kappa shape index (κ2) is 7.62. The van der Waals surface area contributed by atoms with Gasteiger partial charge in [0.1, 0.15) is 10.7 Å². The zero-order valence-electron chi connectivity index (χ0n) is 14.8. The lowest BCUT2D eigenvalue weighted by Gasteiger charge is -2.29. The Kier molecular flexibility index (Phi) is 5.16. The summed E-state index contributed by atoms with van der Waals surface area (Å²) in [7, 11) is -4.10. The second-order valence-electron chi connectivity index (χ2n) is 6.24. The Morgan fingerprint density at radius 2 is 1.90 bits per heavy atom. The normalized spacial score (nSPS) is 16.7. The van der Waals surface area contributed by atoms with E-state index in [0.717, 1.165) is 17.8 Å². The molecular weight excluding hydrogens is 435 g/mol. The van der Waals surface area contributed by atoms with Gasteiger partial charge in [0.2, 0.25) is 5.78 Å². The van der Waals surface area contributed by atoms with Crippen molar-refractivity contribution < 1.29 is 17.6 Å². The van der Waals surface area contributed by atoms with E-state index < -0.39 is 21.6 Å². The van der Waals surface area contributed by atoms with Gasteiger partial charge in [-0.3, -0.25) is 9.10 Å². The van der Waals surface area contributed by atoms with E-state index in [2.05, 4.69) is 5.32 Å². The van der Waals surface area contributed by atoms with Gasteiger partial charge in [0, 0.05) is 11.9 Å². The zero-order chi connectivity index (χ0) is 20.6. The average molecular weight is 449 g/mol. The lowest BCUT2D eigenvalue weighted by atomic mass is 10.2. The molecule has 3 aromatic rings. The molecule has 0 aliphatic carbocycles. The van der Waals surface area contributed by atoms with Crippen molar-refractivity contribution in [3.63, 3.8) is 0 Å². The number of thiophene rings is 1. The van der Waals surface area contributed by atoms with Crippen LogP contribution in [0.5, 0.6) is 0 Å². The van der Waals surface area contributed by atoms with Crippen LogP contribution in [0.25, 0.3) is 0 Å². The lowest BCUT2D eigenvalue weighted by Crippen LogP contribution is -2.38. The summed E-state index contributed by atoms with van der Waals surface area (Å²) in [6, 6.07) is 14.6. The van der Waals surface area contributed by atoms with Crippen molar-refractivity contribution in [2.45, 2.75) is 6.54 Å². The molecule has 0 amide bonds. The number of fused-ring (bicyclic) bond motifs is 1. The second-order valence-corrected chi connectivity index (χ2v) is 9.40. The molecule has 0 saturated heterocycles. The molecule has 5 nitrogen and oxygen atoms in total. The van der Waals surface area contributed by atoms with Crippen LogP contribution < -0.4 is 9.62 Å². The topological polar surface area (TPSA) is 66.5 Å². The Labute approximate surface area is 176 Å². The number of ketones is 1. The molecule has 2 heterocycles. The number of anilines is 2. The zero-order valence-corrected chi connectivity index (χ0v) is 17.2. The number of Topliss-reactive ketones (excluding diaryl/α,β-unsaturated/α-hetero) is 1. The van der Waals surface area contributed by atoms with Gasteiger partial charge in [0.25, 0.3) is 10.0 Å². The molecular formula is C20H14ClFN2O3S2. The third kappa shape index (κ3) is 3.66. The standard InChI is InChI=1S/C20H14ClFN2O3S2/c21-15-10-14(6-7-16(15)22)23-11-18-19(25)20-17(8-9-28-20)24(29(18,26)27)12-13-4-2-1-3-5-13/h1-11,23H,12H2/b18-11-. The molecule has 0 bridgehead atoms. The SMILES string of the molecule is O=C1/C(=C/Nc2ccc(F)c(Cl)c2)S(=O)(=O)N(Cc2ccccc2)c2ccsc21. The van der Waals surface area contributed by atoms with Crippen molar-refractivity contribution in [3.8, 4) is 0 Å². The summed E-state index contributed by atoms with van der Waals surface area (Å²) < 4.78 is 41.1. The maximum atomic E-state index is 13.3. The molecule has 1 aliphatic rings. The Balaban J connectivity index is 1.74. The minimum Gasteiger partial charge on any atom is -0.360 e. The Morgan fingerprint density at radius 1 is 1.14 bits per heavy atom. The van der Waals surface area contributed by atoms with Crippen LogP contribution in [-0.2, 0) is 16.6 Å². The van der Waals surface area contributed by atoms with Gasteiger partial charge in [-0.15, -0.1) is 11.3 Å². The molecule has 0 atom stereocenters. The van der Waals surface area contributed by atoms with E-state index >= 15 is 0 Å². The highest BCUT2D eigenvalue weighted by Gasteiger charge is 2.41. The number of sulfonamides is 1. The van der Waals surface area contributed by atoms with Crippen LogP contribution in [0.1, 0.15) is 15.2 Å². The first-order chi connectivity index (χ1) is 13.9. The first kappa shape index (κ1) is 19.6. The van der Waals surface area contributed by atoms with E-state index in [4.69, 9.17) is 11.6 Å². The Bertz CT molecular complexity index is 1220. The van der Waals surface area contributed by atoms with Crippen molar-refractivity contribution in [1.82, 2.24) is 0 Å². The minimum atomic E-state index is -4.10. The fourth-order valence-electron chi connectivity index (χ4n) is 2.94. The van der Waals surface area contributed by atoms with Gasteiger partial charge in [-0.2, -0.15) is 0 Å². The van der Waals surface area contributed by atoms with Crippen LogP contribution >= 0.6 is 22.9 Å². The number of nitrogens with one attached hydrogen (secondary N) is 1. The van der Waals surface area contributed by atoms with Gasteiger partial charge >= 0.3 is 0 Å². The summed E-state index contributed by atoms with van der Waals surface area (Å²) in [5, 5.41) is 4.31. The van der Waals surface area contributed by atoms with Gasteiger partial charge in [-0.25, -0.2) is 12.8 Å². The Morgan fingerprint density at radius 3 is 2.62 bits per heavy atom. The first-order valence-corrected chi connectivity index (χ1v) is 11.2. The number of hydrogen-bond acceptors (Lipinski definition) is 5. The number of nitrogens with zero attached hydrogens (tertiary/aromatic N) is 1. The van der Waals surface area contributed by atoms with Crippen molar-refractivity contribution in [1.29, 1.82) is 0 Å². The molecule has 9 heteroatoms. The van der Waals surface area contributed by atoms with Crippen LogP contribution in [0.15, 0.2) is 71.1 Å². The van der Waals surface area contributed by atoms with Gasteiger partial charge < -0.3 is 5.32 Å². The highest BCUT2D eigenvalue weighted by Crippen LogP contribution is 2.39. The number of halogens is 2. The van der Waals surface area contributed by atoms with E-state index in [9.17, 15) is 17.6 Å². The smallest absolute Gasteiger partial charge is 0.270 e. The van der Waals surface area contributed by atoms with E-state index in [1.165, 1.54) is 27.8 Å². The summed E-state index contributed by atoms with van der Waals surface area (Å²) >= 11 is 6.94. The molecule has 0 saturated carbocycles. The summed E-state index contributed by atoms with van der Waals surface area (Å²) in [4.78, 5) is 12.8. The third-order valence-corrected chi connectivity index (χ3v) is 7.33. The molecule has 0 spiro atoms. The van der Waals surface area contributed by atoms with Crippen molar-refractivity contribution in [2.75, 3.05) is 9.62 Å². The van der Waals surface area contributed by atoms with Gasteiger partial charge in [-0.05, 0) is 35.2 Å². The minimum absolute atomic E-state index is 0.0971. The average Bonchev–Trinajstić information content (AvgIpc) is 3.18. The molecule has 29 heavy (non-hydrogen) atoms. The van der Waals surface area contributed by atoms with Crippen LogP contribution in [0.4, 0.5) is 15.8 Å². The lowest BCUT2D eigenvalue weighted by molar-refractivity contribution is 0.104. The Hall–Kier alpha value is -2.68. The predicted octanol–water partition coefficient (Wildman–Crippen LogP) is 5.03. The van der Waals surface area contributed by atoms with Crippen LogP contribution in [0.2, 0.25) is 5.02 Å². The van der Waals surface area contributed by atoms with E-state index in [-0.39, 0.29) is 16.5 Å². The molecule has 0 radical (unpaired) electrons. The molecule has 1 N–H and O–H groups in total. The van der Waals surface area contributed by atoms with Gasteiger partial charge in [0.05, 0.1) is 17.3 Å². The largest absolute Gasteiger partial charge is 0.360 e. The van der Waals surface area contributed by atoms with Crippen molar-refractivity contribution in [3.05, 3.63) is 92.4 Å². The molecule has 148 valence electrons. The first-order valence-electron chi connectivity index (χ1n) is 8.48. The molecule has 0 fully saturated rings. The fourth-order valence-corrected chi connectivity index (χ4v) is 5.60. The van der Waals surface area contributed by atoms with Crippen LogP contribution in [0.3, 0.4) is 0 Å². The highest BCUT2D eigenvalue weighted by molar-refractivity contribution is 7.97. The van der Waals surface area contributed by atoms with E-state index in [0.29, 0.717) is 16.3 Å². The number of carbonyl (C=O) groups is 1. The van der Waals surface area contributed by atoms with Crippen LogP contribution in [-0.4, -0.2) is 14.2 Å². The maximum Gasteiger partial charge on any atom is 0.270 e. The van der Waals surface area contributed by atoms with Gasteiger partial charge in [0.15, 0.2) is 4.91 Å². The van der Waals surface area contributed by atoms with E-state index in [1.54, 1.807) is 11.4 Å². The van der Waals surface area contributed by atoms with Crippen molar-refractivity contribution >= 4 is 50.1 Å². The summed E-state index contributed by atoms with van der Waals surface area (Å²) in [5.41, 5.74) is 1.52. The summed E-state index contributed by atoms with van der Waals surface area (Å²) in [5.74, 6) is -1.18. The quantitative estimate of drug-likeness (QED) is 0.568. The molecule has 0 unspecified atom stereocenters.